The predicted octanol–water partition coefficient (Wildman–Crippen LogP) is 2.09. The minimum atomic E-state index is -0.416. The Morgan fingerprint density at radius 3 is 2.76 bits per heavy atom. The van der Waals surface area contributed by atoms with Gasteiger partial charge < -0.3 is 9.88 Å². The molecule has 1 atom stereocenters. The normalized spacial score (nSPS) is 22.4. The number of nitrogens with zero attached hydrogens (tertiary/aromatic N) is 4. The molecule has 1 aliphatic heterocycles. The number of carbonyl (C=O) groups is 1. The Morgan fingerprint density at radius 1 is 1.20 bits per heavy atom. The summed E-state index contributed by atoms with van der Waals surface area (Å²) in [4.78, 5) is 33.2. The molecule has 0 bridgehead atoms. The van der Waals surface area contributed by atoms with Crippen molar-refractivity contribution in [3.05, 3.63) is 22.4 Å². The fourth-order valence-corrected chi connectivity index (χ4v) is 4.14. The zero-order valence-electron chi connectivity index (χ0n) is 14.3. The molecular formula is C17H22BN5O2. The standard InChI is InChI=1S/C17H22BN5O2/c18-17(25)22-8-4-5-11(10-22)14-20-15-13(16(24)21-14)9-19-23(15)12-6-2-1-3-7-12/h9,11-12H,1-8,10H2,(H,20,21,24). The lowest BCUT2D eigenvalue weighted by Crippen LogP contribution is -2.39. The summed E-state index contributed by atoms with van der Waals surface area (Å²) in [6.07, 6.45) is 9.18. The van der Waals surface area contributed by atoms with Crippen LogP contribution in [0.15, 0.2) is 11.0 Å². The van der Waals surface area contributed by atoms with Gasteiger partial charge in [-0.25, -0.2) is 9.67 Å². The molecule has 1 saturated carbocycles. The first-order valence-electron chi connectivity index (χ1n) is 9.15. The first kappa shape index (κ1) is 16.4. The topological polar surface area (TPSA) is 83.9 Å². The predicted molar refractivity (Wildman–Crippen MR) is 95.0 cm³/mol. The average molecular weight is 339 g/mol. The molecule has 2 fully saturated rings. The maximum atomic E-state index is 12.5. The number of carbonyl (C=O) groups excluding carboxylic acids is 1. The van der Waals surface area contributed by atoms with E-state index in [1.54, 1.807) is 11.1 Å². The lowest BCUT2D eigenvalue weighted by Gasteiger charge is -2.32. The molecule has 4 rings (SSSR count). The molecule has 130 valence electrons. The number of aromatic nitrogens is 4. The Morgan fingerprint density at radius 2 is 2.00 bits per heavy atom. The largest absolute Gasteiger partial charge is 0.352 e. The number of H-pyrrole nitrogens is 1. The van der Waals surface area contributed by atoms with E-state index in [1.165, 1.54) is 19.3 Å². The maximum Gasteiger partial charge on any atom is 0.262 e. The monoisotopic (exact) mass is 339 g/mol. The molecule has 0 spiro atoms. The van der Waals surface area contributed by atoms with Crippen LogP contribution in [0.1, 0.15) is 62.7 Å². The molecule has 2 radical (unpaired) electrons. The Balaban J connectivity index is 1.70. The number of amides is 1. The van der Waals surface area contributed by atoms with Crippen LogP contribution in [-0.4, -0.2) is 51.4 Å². The minimum Gasteiger partial charge on any atom is -0.352 e. The van der Waals surface area contributed by atoms with Crippen LogP contribution >= 0.6 is 0 Å². The first-order valence-corrected chi connectivity index (χ1v) is 9.15. The van der Waals surface area contributed by atoms with Gasteiger partial charge in [0.2, 0.25) is 7.85 Å². The van der Waals surface area contributed by atoms with Crippen LogP contribution in [0.4, 0.5) is 4.79 Å². The van der Waals surface area contributed by atoms with Crippen molar-refractivity contribution in [2.24, 2.45) is 0 Å². The van der Waals surface area contributed by atoms with Crippen molar-refractivity contribution in [3.8, 4) is 0 Å². The van der Waals surface area contributed by atoms with Gasteiger partial charge in [0, 0.05) is 19.0 Å². The van der Waals surface area contributed by atoms with E-state index in [0.29, 0.717) is 36.0 Å². The number of rotatable bonds is 2. The van der Waals surface area contributed by atoms with Gasteiger partial charge in [-0.3, -0.25) is 9.59 Å². The molecule has 8 heteroatoms. The Hall–Kier alpha value is -2.12. The number of aromatic amines is 1. The van der Waals surface area contributed by atoms with Crippen molar-refractivity contribution in [1.29, 1.82) is 0 Å². The van der Waals surface area contributed by atoms with E-state index in [2.05, 4.69) is 10.1 Å². The van der Waals surface area contributed by atoms with Gasteiger partial charge in [-0.15, -0.1) is 0 Å². The smallest absolute Gasteiger partial charge is 0.262 e. The van der Waals surface area contributed by atoms with Crippen molar-refractivity contribution in [2.45, 2.75) is 56.9 Å². The third-order valence-corrected chi connectivity index (χ3v) is 5.52. The second-order valence-electron chi connectivity index (χ2n) is 7.19. The van der Waals surface area contributed by atoms with Crippen molar-refractivity contribution in [1.82, 2.24) is 24.6 Å². The molecular weight excluding hydrogens is 317 g/mol. The van der Waals surface area contributed by atoms with E-state index in [0.717, 1.165) is 25.7 Å². The van der Waals surface area contributed by atoms with Gasteiger partial charge in [-0.05, 0) is 25.7 Å². The van der Waals surface area contributed by atoms with E-state index in [-0.39, 0.29) is 11.5 Å². The summed E-state index contributed by atoms with van der Waals surface area (Å²) in [7, 11) is 5.41. The molecule has 3 heterocycles. The highest BCUT2D eigenvalue weighted by Crippen LogP contribution is 2.30. The molecule has 7 nitrogen and oxygen atoms in total. The van der Waals surface area contributed by atoms with Gasteiger partial charge >= 0.3 is 0 Å². The van der Waals surface area contributed by atoms with E-state index in [4.69, 9.17) is 12.8 Å². The van der Waals surface area contributed by atoms with Crippen molar-refractivity contribution < 1.29 is 4.79 Å². The highest BCUT2D eigenvalue weighted by Gasteiger charge is 2.26. The summed E-state index contributed by atoms with van der Waals surface area (Å²) < 4.78 is 1.93. The number of hydrogen-bond acceptors (Lipinski definition) is 4. The number of hydrogen-bond donors (Lipinski definition) is 1. The number of piperidine rings is 1. The molecule has 1 N–H and O–H groups in total. The van der Waals surface area contributed by atoms with Crippen LogP contribution in [0.5, 0.6) is 0 Å². The van der Waals surface area contributed by atoms with E-state index in [9.17, 15) is 9.59 Å². The fraction of sp³-hybridized carbons (Fsp3) is 0.647. The first-order chi connectivity index (χ1) is 12.1. The molecule has 1 amide bonds. The van der Waals surface area contributed by atoms with Gasteiger partial charge in [0.05, 0.1) is 12.2 Å². The summed E-state index contributed by atoms with van der Waals surface area (Å²) in [5, 5.41) is 5.00. The van der Waals surface area contributed by atoms with Crippen LogP contribution in [0, 0.1) is 0 Å². The summed E-state index contributed by atoms with van der Waals surface area (Å²) >= 11 is 0. The lowest BCUT2D eigenvalue weighted by atomic mass is 9.94. The summed E-state index contributed by atoms with van der Waals surface area (Å²) in [6.45, 7) is 1.17. The Kier molecular flexibility index (Phi) is 4.35. The molecule has 25 heavy (non-hydrogen) atoms. The molecule has 2 aliphatic rings. The molecule has 1 saturated heterocycles. The van der Waals surface area contributed by atoms with Gasteiger partial charge in [0.25, 0.3) is 5.56 Å². The van der Waals surface area contributed by atoms with Crippen LogP contribution in [0.25, 0.3) is 11.0 Å². The SMILES string of the molecule is [B]C(=O)N1CCCC(c2nc3c(cnn3C3CCCCC3)c(=O)[nH]2)C1. The molecule has 2 aromatic rings. The average Bonchev–Trinajstić information content (AvgIpc) is 3.07. The number of likely N-dealkylation sites (tertiary alicyclic amines) is 1. The summed E-state index contributed by atoms with van der Waals surface area (Å²) in [5.74, 6) is 0.231. The fourth-order valence-electron chi connectivity index (χ4n) is 4.14. The summed E-state index contributed by atoms with van der Waals surface area (Å²) in [6, 6.07) is 0.321. The zero-order valence-corrected chi connectivity index (χ0v) is 14.3. The van der Waals surface area contributed by atoms with Gasteiger partial charge in [-0.2, -0.15) is 5.10 Å². The molecule has 1 unspecified atom stereocenters. The van der Waals surface area contributed by atoms with Gasteiger partial charge in [-0.1, -0.05) is 19.3 Å². The highest BCUT2D eigenvalue weighted by atomic mass is 16.1. The third-order valence-electron chi connectivity index (χ3n) is 5.52. The van der Waals surface area contributed by atoms with E-state index < -0.39 is 5.81 Å². The maximum absolute atomic E-state index is 12.5. The van der Waals surface area contributed by atoms with Crippen LogP contribution in [0.3, 0.4) is 0 Å². The van der Waals surface area contributed by atoms with E-state index in [1.807, 2.05) is 4.68 Å². The van der Waals surface area contributed by atoms with Gasteiger partial charge in [0.15, 0.2) is 11.5 Å². The number of nitrogens with one attached hydrogen (secondary N) is 1. The Bertz CT molecular complexity index is 839. The molecule has 1 aliphatic carbocycles. The number of fused-ring (bicyclic) bond motifs is 1. The second kappa shape index (κ2) is 6.65. The second-order valence-corrected chi connectivity index (χ2v) is 7.19. The minimum absolute atomic E-state index is 0.00746. The van der Waals surface area contributed by atoms with Crippen LogP contribution in [-0.2, 0) is 0 Å². The van der Waals surface area contributed by atoms with Crippen molar-refractivity contribution in [2.75, 3.05) is 13.1 Å². The quantitative estimate of drug-likeness (QED) is 0.849. The highest BCUT2D eigenvalue weighted by molar-refractivity contribution is 6.56. The van der Waals surface area contributed by atoms with Crippen LogP contribution < -0.4 is 5.56 Å². The molecule has 0 aromatic carbocycles. The lowest BCUT2D eigenvalue weighted by molar-refractivity contribution is 0.201. The van der Waals surface area contributed by atoms with Gasteiger partial charge in [0.1, 0.15) is 11.2 Å². The molecule has 2 aromatic heterocycles. The van der Waals surface area contributed by atoms with Crippen molar-refractivity contribution >= 4 is 24.7 Å². The third kappa shape index (κ3) is 3.09. The Labute approximate surface area is 147 Å². The van der Waals surface area contributed by atoms with E-state index >= 15 is 0 Å². The van der Waals surface area contributed by atoms with Crippen LogP contribution in [0.2, 0.25) is 0 Å². The zero-order chi connectivity index (χ0) is 17.4. The summed E-state index contributed by atoms with van der Waals surface area (Å²) in [5.41, 5.74) is 0.514. The van der Waals surface area contributed by atoms with Crippen molar-refractivity contribution in [3.63, 3.8) is 0 Å².